The van der Waals surface area contributed by atoms with E-state index in [0.717, 1.165) is 41.6 Å². The lowest BCUT2D eigenvalue weighted by Crippen LogP contribution is -2.10. The lowest BCUT2D eigenvalue weighted by molar-refractivity contribution is 0.102. The van der Waals surface area contributed by atoms with E-state index < -0.39 is 0 Å². The van der Waals surface area contributed by atoms with Gasteiger partial charge in [0.2, 0.25) is 0 Å². The number of hydrogen-bond donors (Lipinski definition) is 0. The molecule has 1 saturated carbocycles. The lowest BCUT2D eigenvalue weighted by Gasteiger charge is -2.10. The van der Waals surface area contributed by atoms with E-state index in [9.17, 15) is 4.79 Å². The van der Waals surface area contributed by atoms with Crippen LogP contribution in [-0.4, -0.2) is 30.9 Å². The van der Waals surface area contributed by atoms with Crippen molar-refractivity contribution in [2.75, 3.05) is 5.75 Å². The highest BCUT2D eigenvalue weighted by Gasteiger charge is 2.28. The van der Waals surface area contributed by atoms with E-state index in [4.69, 9.17) is 0 Å². The van der Waals surface area contributed by atoms with Gasteiger partial charge in [-0.1, -0.05) is 48.2 Å². The van der Waals surface area contributed by atoms with Crippen molar-refractivity contribution >= 4 is 28.9 Å². The summed E-state index contributed by atoms with van der Waals surface area (Å²) in [5.74, 6) is 1.49. The predicted molar refractivity (Wildman–Crippen MR) is 135 cm³/mol. The molecular formula is C26H28N4OS2. The second kappa shape index (κ2) is 9.69. The highest BCUT2D eigenvalue weighted by atomic mass is 32.2. The summed E-state index contributed by atoms with van der Waals surface area (Å²) in [6.45, 7) is 4.97. The smallest absolute Gasteiger partial charge is 0.191 e. The summed E-state index contributed by atoms with van der Waals surface area (Å²) in [4.78, 5) is 14.4. The number of carbonyl (C=O) groups excluding carboxylic acids is 1. The van der Waals surface area contributed by atoms with Crippen LogP contribution in [0.4, 0.5) is 0 Å². The number of thiophene rings is 1. The Morgan fingerprint density at radius 1 is 1.12 bits per heavy atom. The monoisotopic (exact) mass is 476 g/mol. The van der Waals surface area contributed by atoms with Gasteiger partial charge in [0.1, 0.15) is 5.82 Å². The number of nitrogens with zero attached hydrogens (tertiary/aromatic N) is 4. The zero-order chi connectivity index (χ0) is 22.8. The first kappa shape index (κ1) is 22.2. The third kappa shape index (κ3) is 4.99. The number of rotatable bonds is 10. The molecule has 33 heavy (non-hydrogen) atoms. The number of aromatic nitrogens is 4. The van der Waals surface area contributed by atoms with E-state index in [1.54, 1.807) is 11.3 Å². The summed E-state index contributed by atoms with van der Waals surface area (Å²) in [5, 5.41) is 11.9. The molecule has 0 bridgehead atoms. The van der Waals surface area contributed by atoms with Crippen LogP contribution in [0.3, 0.4) is 0 Å². The van der Waals surface area contributed by atoms with Crippen LogP contribution in [0.5, 0.6) is 0 Å². The van der Waals surface area contributed by atoms with Gasteiger partial charge in [-0.3, -0.25) is 4.79 Å². The molecule has 3 heterocycles. The highest BCUT2D eigenvalue weighted by molar-refractivity contribution is 7.99. The third-order valence-electron chi connectivity index (χ3n) is 6.20. The molecule has 0 radical (unpaired) electrons. The van der Waals surface area contributed by atoms with Gasteiger partial charge in [0.15, 0.2) is 10.9 Å². The van der Waals surface area contributed by atoms with Crippen LogP contribution in [0, 0.1) is 13.8 Å². The Morgan fingerprint density at radius 3 is 2.67 bits per heavy atom. The zero-order valence-electron chi connectivity index (χ0n) is 19.0. The Hall–Kier alpha value is -2.64. The van der Waals surface area contributed by atoms with E-state index >= 15 is 0 Å². The summed E-state index contributed by atoms with van der Waals surface area (Å²) in [6, 6.07) is 17.3. The molecule has 5 rings (SSSR count). The molecule has 4 aromatic rings. The molecule has 0 saturated heterocycles. The number of Topliss-reactive ketones (excluding diaryl/α,β-unsaturated/α-hetero) is 1. The van der Waals surface area contributed by atoms with Crippen LogP contribution in [-0.2, 0) is 19.4 Å². The van der Waals surface area contributed by atoms with E-state index in [0.29, 0.717) is 11.8 Å². The van der Waals surface area contributed by atoms with Crippen molar-refractivity contribution in [2.24, 2.45) is 0 Å². The van der Waals surface area contributed by atoms with Gasteiger partial charge >= 0.3 is 0 Å². The third-order valence-corrected chi connectivity index (χ3v) is 8.05. The first-order chi connectivity index (χ1) is 16.1. The van der Waals surface area contributed by atoms with Crippen molar-refractivity contribution in [3.8, 4) is 0 Å². The van der Waals surface area contributed by atoms with Crippen LogP contribution in [0.25, 0.3) is 0 Å². The number of benzene rings is 1. The quantitative estimate of drug-likeness (QED) is 0.211. The highest BCUT2D eigenvalue weighted by Crippen LogP contribution is 2.38. The SMILES string of the molecule is Cc1cc(C(=O)CSc2nnc(Cc3cccs3)n2CCc2ccccc2)c(C)n1C1CC1. The van der Waals surface area contributed by atoms with Crippen molar-refractivity contribution < 1.29 is 4.79 Å². The van der Waals surface area contributed by atoms with Gasteiger partial charge in [-0.25, -0.2) is 0 Å². The predicted octanol–water partition coefficient (Wildman–Crippen LogP) is 5.90. The van der Waals surface area contributed by atoms with Crippen molar-refractivity contribution in [2.45, 2.75) is 57.3 Å². The van der Waals surface area contributed by atoms with Crippen molar-refractivity contribution in [1.29, 1.82) is 0 Å². The molecule has 0 amide bonds. The molecule has 7 heteroatoms. The molecule has 5 nitrogen and oxygen atoms in total. The van der Waals surface area contributed by atoms with Crippen LogP contribution in [0.1, 0.15) is 56.9 Å². The molecule has 1 aliphatic rings. The Bertz CT molecular complexity index is 1240. The largest absolute Gasteiger partial charge is 0.345 e. The number of carbonyl (C=O) groups is 1. The van der Waals surface area contributed by atoms with Crippen molar-refractivity contribution in [1.82, 2.24) is 19.3 Å². The van der Waals surface area contributed by atoms with Crippen LogP contribution in [0.2, 0.25) is 0 Å². The maximum atomic E-state index is 13.1. The van der Waals surface area contributed by atoms with Gasteiger partial charge in [0.25, 0.3) is 0 Å². The first-order valence-corrected chi connectivity index (χ1v) is 13.3. The van der Waals surface area contributed by atoms with Crippen LogP contribution in [0.15, 0.2) is 59.1 Å². The fraction of sp³-hybridized carbons (Fsp3) is 0.346. The average Bonchev–Trinajstić information content (AvgIpc) is 3.24. The van der Waals surface area contributed by atoms with Crippen LogP contribution < -0.4 is 0 Å². The molecule has 1 aromatic carbocycles. The Balaban J connectivity index is 1.33. The summed E-state index contributed by atoms with van der Waals surface area (Å²) in [7, 11) is 0. The fourth-order valence-corrected chi connectivity index (χ4v) is 5.97. The Kier molecular flexibility index (Phi) is 6.51. The minimum atomic E-state index is 0.164. The molecule has 0 spiro atoms. The normalized spacial score (nSPS) is 13.5. The topological polar surface area (TPSA) is 52.7 Å². The number of aryl methyl sites for hydroxylation is 2. The molecule has 0 N–H and O–H groups in total. The summed E-state index contributed by atoms with van der Waals surface area (Å²) >= 11 is 3.23. The lowest BCUT2D eigenvalue weighted by atomic mass is 10.1. The van der Waals surface area contributed by atoms with Gasteiger partial charge in [-0.15, -0.1) is 21.5 Å². The molecule has 0 unspecified atom stereocenters. The van der Waals surface area contributed by atoms with Gasteiger partial charge in [-0.2, -0.15) is 0 Å². The first-order valence-electron chi connectivity index (χ1n) is 11.4. The molecule has 170 valence electrons. The molecule has 1 fully saturated rings. The standard InChI is InChI=1S/C26H28N4OS2/c1-18-15-23(19(2)30(18)21-10-11-21)24(31)17-33-26-28-27-25(16-22-9-6-14-32-22)29(26)13-12-20-7-4-3-5-8-20/h3-9,14-15,21H,10-13,16-17H2,1-2H3. The van der Waals surface area contributed by atoms with Crippen LogP contribution >= 0.6 is 23.1 Å². The second-order valence-corrected chi connectivity index (χ2v) is 10.6. The number of thioether (sulfide) groups is 1. The maximum Gasteiger partial charge on any atom is 0.191 e. The minimum Gasteiger partial charge on any atom is -0.345 e. The molecule has 0 atom stereocenters. The minimum absolute atomic E-state index is 0.164. The summed E-state index contributed by atoms with van der Waals surface area (Å²) in [6.07, 6.45) is 4.10. The number of ketones is 1. The summed E-state index contributed by atoms with van der Waals surface area (Å²) in [5.41, 5.74) is 4.42. The van der Waals surface area contributed by atoms with Crippen molar-refractivity contribution in [3.63, 3.8) is 0 Å². The van der Waals surface area contributed by atoms with Gasteiger partial charge < -0.3 is 9.13 Å². The van der Waals surface area contributed by atoms with E-state index in [1.165, 1.54) is 40.7 Å². The van der Waals surface area contributed by atoms with E-state index in [1.807, 2.05) is 6.07 Å². The zero-order valence-corrected chi connectivity index (χ0v) is 20.7. The molecule has 1 aliphatic carbocycles. The summed E-state index contributed by atoms with van der Waals surface area (Å²) < 4.78 is 4.53. The van der Waals surface area contributed by atoms with Gasteiger partial charge in [0.05, 0.1) is 5.75 Å². The average molecular weight is 477 g/mol. The second-order valence-electron chi connectivity index (χ2n) is 8.64. The van der Waals surface area contributed by atoms with Gasteiger partial charge in [-0.05, 0) is 56.2 Å². The Morgan fingerprint density at radius 2 is 1.94 bits per heavy atom. The number of hydrogen-bond acceptors (Lipinski definition) is 5. The Labute approximate surface area is 202 Å². The fourth-order valence-electron chi connectivity index (χ4n) is 4.40. The maximum absolute atomic E-state index is 13.1. The van der Waals surface area contributed by atoms with E-state index in [-0.39, 0.29) is 5.78 Å². The van der Waals surface area contributed by atoms with Gasteiger partial charge in [0, 0.05) is 40.8 Å². The van der Waals surface area contributed by atoms with E-state index in [2.05, 4.69) is 81.0 Å². The molecule has 3 aromatic heterocycles. The molecule has 0 aliphatic heterocycles. The van der Waals surface area contributed by atoms with Crippen molar-refractivity contribution in [3.05, 3.63) is 87.1 Å². The molecular weight excluding hydrogens is 448 g/mol.